The Morgan fingerprint density at radius 3 is 2.67 bits per heavy atom. The third kappa shape index (κ3) is 1.76. The number of hydrogen-bond acceptors (Lipinski definition) is 5. The molecule has 3 heterocycles. The number of aromatic nitrogens is 2. The molecule has 2 saturated heterocycles. The lowest BCUT2D eigenvalue weighted by Gasteiger charge is -2.39. The summed E-state index contributed by atoms with van der Waals surface area (Å²) in [5, 5.41) is 4.37. The summed E-state index contributed by atoms with van der Waals surface area (Å²) >= 11 is 0. The van der Waals surface area contributed by atoms with Crippen molar-refractivity contribution in [1.29, 1.82) is 0 Å². The molecule has 2 fully saturated rings. The molecule has 0 bridgehead atoms. The van der Waals surface area contributed by atoms with Crippen LogP contribution in [0.2, 0.25) is 0 Å². The van der Waals surface area contributed by atoms with Crippen molar-refractivity contribution in [3.05, 3.63) is 5.69 Å². The highest BCUT2D eigenvalue weighted by Gasteiger charge is 2.41. The first kappa shape index (κ1) is 11.8. The molecule has 2 aliphatic heterocycles. The fraction of sp³-hybridized carbons (Fsp3) is 0.750. The van der Waals surface area contributed by atoms with Crippen LogP contribution in [0.1, 0.15) is 18.5 Å². The van der Waals surface area contributed by atoms with Crippen LogP contribution >= 0.6 is 0 Å². The van der Waals surface area contributed by atoms with E-state index >= 15 is 0 Å². The zero-order valence-electron chi connectivity index (χ0n) is 11.0. The van der Waals surface area contributed by atoms with Crippen molar-refractivity contribution >= 4 is 11.5 Å². The van der Waals surface area contributed by atoms with Gasteiger partial charge in [-0.15, -0.1) is 0 Å². The molecular weight excluding hydrogens is 232 g/mol. The number of hydrogen-bond donors (Lipinski definition) is 1. The first-order chi connectivity index (χ1) is 8.61. The van der Waals surface area contributed by atoms with E-state index < -0.39 is 5.79 Å². The third-order valence-electron chi connectivity index (χ3n) is 3.77. The molecule has 0 radical (unpaired) electrons. The Balaban J connectivity index is 1.88. The standard InChI is InChI=1S/C12H20N4O2/c1-9-10(13)11(15(2)14-9)16-5-3-4-12(8-16)17-6-7-18-12/h3-8,13H2,1-2H3. The van der Waals surface area contributed by atoms with E-state index in [1.54, 1.807) is 0 Å². The summed E-state index contributed by atoms with van der Waals surface area (Å²) in [5.74, 6) is 0.550. The van der Waals surface area contributed by atoms with Crippen LogP contribution in [0.5, 0.6) is 0 Å². The molecule has 0 unspecified atom stereocenters. The summed E-state index contributed by atoms with van der Waals surface area (Å²) < 4.78 is 13.4. The minimum Gasteiger partial charge on any atom is -0.394 e. The molecule has 100 valence electrons. The summed E-state index contributed by atoms with van der Waals surface area (Å²) in [5.41, 5.74) is 7.75. The van der Waals surface area contributed by atoms with Gasteiger partial charge in [0.1, 0.15) is 0 Å². The molecule has 0 aromatic carbocycles. The van der Waals surface area contributed by atoms with Crippen molar-refractivity contribution < 1.29 is 9.47 Å². The average molecular weight is 252 g/mol. The predicted molar refractivity (Wildman–Crippen MR) is 68.4 cm³/mol. The summed E-state index contributed by atoms with van der Waals surface area (Å²) in [4.78, 5) is 2.23. The molecule has 0 amide bonds. The molecule has 6 heteroatoms. The van der Waals surface area contributed by atoms with Crippen molar-refractivity contribution in [2.45, 2.75) is 25.6 Å². The average Bonchev–Trinajstić information content (AvgIpc) is 2.86. The van der Waals surface area contributed by atoms with Gasteiger partial charge in [-0.2, -0.15) is 5.10 Å². The maximum Gasteiger partial charge on any atom is 0.186 e. The SMILES string of the molecule is Cc1nn(C)c(N2CCCC3(C2)OCCO3)c1N. The van der Waals surface area contributed by atoms with E-state index in [0.717, 1.165) is 43.1 Å². The van der Waals surface area contributed by atoms with E-state index in [2.05, 4.69) is 10.00 Å². The Labute approximate surface area is 107 Å². The van der Waals surface area contributed by atoms with Crippen molar-refractivity contribution in [2.75, 3.05) is 36.9 Å². The van der Waals surface area contributed by atoms with E-state index in [1.165, 1.54) is 0 Å². The maximum atomic E-state index is 6.11. The van der Waals surface area contributed by atoms with Crippen molar-refractivity contribution in [3.8, 4) is 0 Å². The molecular formula is C12H20N4O2. The van der Waals surface area contributed by atoms with Gasteiger partial charge in [0.15, 0.2) is 11.6 Å². The largest absolute Gasteiger partial charge is 0.394 e. The summed E-state index contributed by atoms with van der Waals surface area (Å²) in [6.07, 6.45) is 2.00. The van der Waals surface area contributed by atoms with Gasteiger partial charge in [0.25, 0.3) is 0 Å². The molecule has 0 aliphatic carbocycles. The molecule has 0 atom stereocenters. The Hall–Kier alpha value is -1.27. The second-order valence-electron chi connectivity index (χ2n) is 5.08. The lowest BCUT2D eigenvalue weighted by molar-refractivity contribution is -0.161. The van der Waals surface area contributed by atoms with Gasteiger partial charge in [0.05, 0.1) is 31.1 Å². The molecule has 2 N–H and O–H groups in total. The third-order valence-corrected chi connectivity index (χ3v) is 3.77. The van der Waals surface area contributed by atoms with Crippen LogP contribution in [0.15, 0.2) is 0 Å². The molecule has 2 aliphatic rings. The maximum absolute atomic E-state index is 6.11. The minimum absolute atomic E-state index is 0.428. The van der Waals surface area contributed by atoms with Crippen LogP contribution in [0.3, 0.4) is 0 Å². The van der Waals surface area contributed by atoms with Crippen LogP contribution < -0.4 is 10.6 Å². The number of nitrogens with zero attached hydrogens (tertiary/aromatic N) is 3. The molecule has 1 spiro atoms. The van der Waals surface area contributed by atoms with E-state index in [4.69, 9.17) is 15.2 Å². The second kappa shape index (κ2) is 4.13. The first-order valence-corrected chi connectivity index (χ1v) is 6.43. The molecule has 18 heavy (non-hydrogen) atoms. The highest BCUT2D eigenvalue weighted by Crippen LogP contribution is 2.35. The van der Waals surface area contributed by atoms with Gasteiger partial charge in [-0.05, 0) is 13.3 Å². The number of aryl methyl sites for hydroxylation is 2. The number of nitrogen functional groups attached to an aromatic ring is 1. The quantitative estimate of drug-likeness (QED) is 0.795. The van der Waals surface area contributed by atoms with E-state index in [-0.39, 0.29) is 0 Å². The van der Waals surface area contributed by atoms with Gasteiger partial charge in [-0.1, -0.05) is 0 Å². The fourth-order valence-corrected chi connectivity index (χ4v) is 2.94. The van der Waals surface area contributed by atoms with E-state index in [0.29, 0.717) is 13.2 Å². The smallest absolute Gasteiger partial charge is 0.186 e. The van der Waals surface area contributed by atoms with Gasteiger partial charge < -0.3 is 20.1 Å². The van der Waals surface area contributed by atoms with Gasteiger partial charge in [-0.3, -0.25) is 4.68 Å². The van der Waals surface area contributed by atoms with Gasteiger partial charge in [-0.25, -0.2) is 0 Å². The molecule has 1 aromatic heterocycles. The highest BCUT2D eigenvalue weighted by atomic mass is 16.7. The van der Waals surface area contributed by atoms with E-state index in [9.17, 15) is 0 Å². The monoisotopic (exact) mass is 252 g/mol. The Morgan fingerprint density at radius 1 is 1.33 bits per heavy atom. The van der Waals surface area contributed by atoms with Crippen molar-refractivity contribution in [2.24, 2.45) is 7.05 Å². The predicted octanol–water partition coefficient (Wildman–Crippen LogP) is 0.654. The topological polar surface area (TPSA) is 65.5 Å². The van der Waals surface area contributed by atoms with Crippen molar-refractivity contribution in [3.63, 3.8) is 0 Å². The summed E-state index contributed by atoms with van der Waals surface area (Å²) in [7, 11) is 1.93. The van der Waals surface area contributed by atoms with Crippen LogP contribution in [-0.4, -0.2) is 41.9 Å². The molecule has 3 rings (SSSR count). The van der Waals surface area contributed by atoms with Crippen LogP contribution in [0, 0.1) is 6.92 Å². The normalized spacial score (nSPS) is 22.9. The lowest BCUT2D eigenvalue weighted by Crippen LogP contribution is -2.49. The van der Waals surface area contributed by atoms with Crippen LogP contribution in [0.25, 0.3) is 0 Å². The fourth-order valence-electron chi connectivity index (χ4n) is 2.94. The Morgan fingerprint density at radius 2 is 2.06 bits per heavy atom. The summed E-state index contributed by atoms with van der Waals surface area (Å²) in [6.45, 7) is 5.01. The van der Waals surface area contributed by atoms with Crippen LogP contribution in [0.4, 0.5) is 11.5 Å². The molecule has 6 nitrogen and oxygen atoms in total. The van der Waals surface area contributed by atoms with Crippen molar-refractivity contribution in [1.82, 2.24) is 9.78 Å². The van der Waals surface area contributed by atoms with E-state index in [1.807, 2.05) is 18.7 Å². The second-order valence-corrected chi connectivity index (χ2v) is 5.08. The van der Waals surface area contributed by atoms with Crippen LogP contribution in [-0.2, 0) is 16.5 Å². The number of anilines is 2. The summed E-state index contributed by atoms with van der Waals surface area (Å²) in [6, 6.07) is 0. The molecule has 0 saturated carbocycles. The molecule has 1 aromatic rings. The van der Waals surface area contributed by atoms with Gasteiger partial charge >= 0.3 is 0 Å². The van der Waals surface area contributed by atoms with Gasteiger partial charge in [0.2, 0.25) is 0 Å². The zero-order valence-corrected chi connectivity index (χ0v) is 11.0. The number of rotatable bonds is 1. The number of nitrogens with two attached hydrogens (primary N) is 1. The van der Waals surface area contributed by atoms with Gasteiger partial charge in [0, 0.05) is 20.0 Å². The Kier molecular flexibility index (Phi) is 2.71. The number of piperidine rings is 1. The minimum atomic E-state index is -0.428. The number of ether oxygens (including phenoxy) is 2. The lowest BCUT2D eigenvalue weighted by atomic mass is 10.0. The first-order valence-electron chi connectivity index (χ1n) is 6.43. The Bertz CT molecular complexity index is 451. The zero-order chi connectivity index (χ0) is 12.8. The highest BCUT2D eigenvalue weighted by molar-refractivity contribution is 5.66.